The van der Waals surface area contributed by atoms with Crippen LogP contribution in [0.4, 0.5) is 11.9 Å². The highest BCUT2D eigenvalue weighted by molar-refractivity contribution is 5.36. The molecule has 2 aromatic rings. The fourth-order valence-electron chi connectivity index (χ4n) is 2.94. The third-order valence-corrected chi connectivity index (χ3v) is 4.53. The first kappa shape index (κ1) is 14.4. The third kappa shape index (κ3) is 3.42. The molecular weight excluding hydrogens is 292 g/mol. The van der Waals surface area contributed by atoms with Crippen LogP contribution in [0.15, 0.2) is 12.4 Å². The van der Waals surface area contributed by atoms with Crippen molar-refractivity contribution < 1.29 is 0 Å². The van der Waals surface area contributed by atoms with Crippen molar-refractivity contribution in [2.45, 2.75) is 25.2 Å². The summed E-state index contributed by atoms with van der Waals surface area (Å²) in [5.74, 6) is 2.46. The molecule has 0 radical (unpaired) electrons. The molecule has 1 aliphatic carbocycles. The molecule has 4 rings (SSSR count). The zero-order chi connectivity index (χ0) is 15.6. The van der Waals surface area contributed by atoms with Crippen LogP contribution in [0.25, 0.3) is 0 Å². The Morgan fingerprint density at radius 1 is 1.13 bits per heavy atom. The molecule has 0 aromatic carbocycles. The number of aromatic nitrogens is 5. The summed E-state index contributed by atoms with van der Waals surface area (Å²) in [6, 6.07) is 0. The summed E-state index contributed by atoms with van der Waals surface area (Å²) >= 11 is 0. The topological polar surface area (TPSA) is 99.9 Å². The van der Waals surface area contributed by atoms with Crippen LogP contribution in [0.1, 0.15) is 30.1 Å². The summed E-state index contributed by atoms with van der Waals surface area (Å²) in [6.45, 7) is 4.95. The number of piperazine rings is 1. The standard InChI is InChI=1S/C15H22N8/c16-14-19-13(12-1-2-12)20-15(21-14)23-7-5-22(6-8-23)4-3-11-9-17-18-10-11/h9-10,12H,1-8H2,(H,17,18)(H2,16,19,20,21). The van der Waals surface area contributed by atoms with E-state index in [0.717, 1.165) is 50.9 Å². The van der Waals surface area contributed by atoms with Gasteiger partial charge < -0.3 is 10.6 Å². The minimum atomic E-state index is 0.347. The second kappa shape index (κ2) is 6.11. The fourth-order valence-corrected chi connectivity index (χ4v) is 2.94. The number of aromatic amines is 1. The zero-order valence-electron chi connectivity index (χ0n) is 13.1. The molecule has 1 saturated heterocycles. The van der Waals surface area contributed by atoms with E-state index in [4.69, 9.17) is 5.73 Å². The summed E-state index contributed by atoms with van der Waals surface area (Å²) in [4.78, 5) is 17.9. The van der Waals surface area contributed by atoms with Gasteiger partial charge in [0.1, 0.15) is 5.82 Å². The van der Waals surface area contributed by atoms with Gasteiger partial charge in [0.05, 0.1) is 6.20 Å². The van der Waals surface area contributed by atoms with Gasteiger partial charge in [-0.1, -0.05) is 0 Å². The molecule has 3 N–H and O–H groups in total. The Labute approximate surface area is 135 Å². The molecule has 8 nitrogen and oxygen atoms in total. The molecule has 2 aromatic heterocycles. The van der Waals surface area contributed by atoms with Gasteiger partial charge in [-0.05, 0) is 24.8 Å². The lowest BCUT2D eigenvalue weighted by atomic mass is 10.2. The van der Waals surface area contributed by atoms with Crippen molar-refractivity contribution in [2.75, 3.05) is 43.4 Å². The normalized spacial score (nSPS) is 19.2. The molecule has 3 heterocycles. The van der Waals surface area contributed by atoms with Gasteiger partial charge in [-0.2, -0.15) is 20.1 Å². The summed E-state index contributed by atoms with van der Waals surface area (Å²) < 4.78 is 0. The van der Waals surface area contributed by atoms with Crippen molar-refractivity contribution in [3.63, 3.8) is 0 Å². The van der Waals surface area contributed by atoms with Gasteiger partial charge in [0, 0.05) is 44.8 Å². The van der Waals surface area contributed by atoms with Crippen LogP contribution in [0, 0.1) is 0 Å². The molecule has 1 saturated carbocycles. The molecule has 2 fully saturated rings. The molecule has 0 amide bonds. The molecule has 122 valence electrons. The van der Waals surface area contributed by atoms with E-state index in [1.807, 2.05) is 12.4 Å². The smallest absolute Gasteiger partial charge is 0.230 e. The van der Waals surface area contributed by atoms with E-state index in [9.17, 15) is 0 Å². The monoisotopic (exact) mass is 314 g/mol. The summed E-state index contributed by atoms with van der Waals surface area (Å²) in [5, 5.41) is 6.85. The van der Waals surface area contributed by atoms with E-state index in [1.165, 1.54) is 18.4 Å². The lowest BCUT2D eigenvalue weighted by molar-refractivity contribution is 0.259. The van der Waals surface area contributed by atoms with Crippen LogP contribution < -0.4 is 10.6 Å². The van der Waals surface area contributed by atoms with Crippen LogP contribution in [0.5, 0.6) is 0 Å². The molecule has 0 unspecified atom stereocenters. The van der Waals surface area contributed by atoms with E-state index >= 15 is 0 Å². The Morgan fingerprint density at radius 3 is 2.65 bits per heavy atom. The van der Waals surface area contributed by atoms with Crippen LogP contribution in [-0.2, 0) is 6.42 Å². The van der Waals surface area contributed by atoms with Crippen molar-refractivity contribution >= 4 is 11.9 Å². The molecule has 2 aliphatic rings. The molecule has 0 atom stereocenters. The minimum absolute atomic E-state index is 0.347. The third-order valence-electron chi connectivity index (χ3n) is 4.53. The van der Waals surface area contributed by atoms with Crippen molar-refractivity contribution in [1.29, 1.82) is 0 Å². The van der Waals surface area contributed by atoms with Crippen molar-refractivity contribution in [3.8, 4) is 0 Å². The first-order valence-corrected chi connectivity index (χ1v) is 8.24. The van der Waals surface area contributed by atoms with E-state index in [0.29, 0.717) is 11.9 Å². The SMILES string of the molecule is Nc1nc(C2CC2)nc(N2CCN(CCc3cn[nH]c3)CC2)n1. The fraction of sp³-hybridized carbons (Fsp3) is 0.600. The number of nitrogen functional groups attached to an aromatic ring is 1. The number of nitrogens with one attached hydrogen (secondary N) is 1. The molecule has 0 spiro atoms. The van der Waals surface area contributed by atoms with E-state index in [-0.39, 0.29) is 0 Å². The largest absolute Gasteiger partial charge is 0.368 e. The molecule has 0 bridgehead atoms. The molecule has 1 aliphatic heterocycles. The van der Waals surface area contributed by atoms with Crippen molar-refractivity contribution in [2.24, 2.45) is 0 Å². The summed E-state index contributed by atoms with van der Waals surface area (Å²) in [7, 11) is 0. The first-order chi connectivity index (χ1) is 11.3. The number of nitrogens with two attached hydrogens (primary N) is 1. The molecule has 8 heteroatoms. The van der Waals surface area contributed by atoms with Crippen LogP contribution in [0.2, 0.25) is 0 Å². The Morgan fingerprint density at radius 2 is 1.96 bits per heavy atom. The lowest BCUT2D eigenvalue weighted by Crippen LogP contribution is -2.47. The number of anilines is 2. The van der Waals surface area contributed by atoms with Gasteiger partial charge in [0.15, 0.2) is 0 Å². The Kier molecular flexibility index (Phi) is 3.82. The van der Waals surface area contributed by atoms with E-state index < -0.39 is 0 Å². The first-order valence-electron chi connectivity index (χ1n) is 8.24. The predicted octanol–water partition coefficient (Wildman–Crippen LogP) is 0.419. The van der Waals surface area contributed by atoms with E-state index in [1.54, 1.807) is 0 Å². The van der Waals surface area contributed by atoms with Crippen molar-refractivity contribution in [1.82, 2.24) is 30.0 Å². The second-order valence-corrected chi connectivity index (χ2v) is 6.31. The molecular formula is C15H22N8. The second-order valence-electron chi connectivity index (χ2n) is 6.31. The van der Waals surface area contributed by atoms with Crippen molar-refractivity contribution in [3.05, 3.63) is 23.8 Å². The van der Waals surface area contributed by atoms with Crippen LogP contribution in [-0.4, -0.2) is 62.8 Å². The van der Waals surface area contributed by atoms with Gasteiger partial charge >= 0.3 is 0 Å². The zero-order valence-corrected chi connectivity index (χ0v) is 13.1. The summed E-state index contributed by atoms with van der Waals surface area (Å²) in [5.41, 5.74) is 7.11. The number of hydrogen-bond donors (Lipinski definition) is 2. The average Bonchev–Trinajstić information content (AvgIpc) is 3.29. The van der Waals surface area contributed by atoms with Gasteiger partial charge in [-0.15, -0.1) is 0 Å². The maximum Gasteiger partial charge on any atom is 0.230 e. The quantitative estimate of drug-likeness (QED) is 0.825. The lowest BCUT2D eigenvalue weighted by Gasteiger charge is -2.34. The van der Waals surface area contributed by atoms with Gasteiger partial charge in [0.25, 0.3) is 0 Å². The Hall–Kier alpha value is -2.22. The van der Waals surface area contributed by atoms with Gasteiger partial charge in [0.2, 0.25) is 11.9 Å². The maximum absolute atomic E-state index is 5.85. The molecule has 23 heavy (non-hydrogen) atoms. The van der Waals surface area contributed by atoms with Gasteiger partial charge in [-0.3, -0.25) is 10.00 Å². The Balaban J connectivity index is 1.34. The summed E-state index contributed by atoms with van der Waals surface area (Å²) in [6.07, 6.45) is 7.23. The maximum atomic E-state index is 5.85. The van der Waals surface area contributed by atoms with Gasteiger partial charge in [-0.25, -0.2) is 0 Å². The number of rotatable bonds is 5. The number of hydrogen-bond acceptors (Lipinski definition) is 7. The highest BCUT2D eigenvalue weighted by Crippen LogP contribution is 2.38. The number of H-pyrrole nitrogens is 1. The Bertz CT molecular complexity index is 644. The highest BCUT2D eigenvalue weighted by atomic mass is 15.3. The van der Waals surface area contributed by atoms with Crippen LogP contribution >= 0.6 is 0 Å². The average molecular weight is 314 g/mol. The minimum Gasteiger partial charge on any atom is -0.368 e. The van der Waals surface area contributed by atoms with E-state index in [2.05, 4.69) is 34.9 Å². The van der Waals surface area contributed by atoms with Crippen LogP contribution in [0.3, 0.4) is 0 Å². The number of nitrogens with zero attached hydrogens (tertiary/aromatic N) is 6. The highest BCUT2D eigenvalue weighted by Gasteiger charge is 2.28. The predicted molar refractivity (Wildman–Crippen MR) is 87.2 cm³/mol.